The Labute approximate surface area is 173 Å². The van der Waals surface area contributed by atoms with E-state index < -0.39 is 5.60 Å². The Kier molecular flexibility index (Phi) is 6.60. The van der Waals surface area contributed by atoms with E-state index in [0.29, 0.717) is 13.0 Å². The molecule has 1 amide bonds. The molecule has 1 aliphatic rings. The number of carbonyl (C=O) groups excluding carboxylic acids is 2. The van der Waals surface area contributed by atoms with Gasteiger partial charge in [0.2, 0.25) is 5.91 Å². The van der Waals surface area contributed by atoms with Crippen LogP contribution >= 0.6 is 0 Å². The van der Waals surface area contributed by atoms with Gasteiger partial charge in [-0.2, -0.15) is 0 Å². The molecule has 1 saturated heterocycles. The monoisotopic (exact) mass is 399 g/mol. The van der Waals surface area contributed by atoms with Crippen molar-refractivity contribution in [2.45, 2.75) is 77.9 Å². The number of benzene rings is 1. The lowest BCUT2D eigenvalue weighted by Gasteiger charge is -2.28. The molecule has 2 atom stereocenters. The zero-order valence-corrected chi connectivity index (χ0v) is 18.0. The lowest BCUT2D eigenvalue weighted by molar-refractivity contribution is -0.158. The minimum atomic E-state index is -0.542. The molecule has 3 rings (SSSR count). The van der Waals surface area contributed by atoms with Crippen LogP contribution < -0.4 is 0 Å². The predicted octanol–water partition coefficient (Wildman–Crippen LogP) is 4.76. The maximum Gasteiger partial charge on any atom is 0.307 e. The van der Waals surface area contributed by atoms with Crippen LogP contribution in [0.4, 0.5) is 0 Å². The van der Waals surface area contributed by atoms with Crippen LogP contribution in [0.15, 0.2) is 24.3 Å². The van der Waals surface area contributed by atoms with Crippen LogP contribution in [0.2, 0.25) is 0 Å². The molecule has 1 aliphatic heterocycles. The molecule has 1 aromatic carbocycles. The standard InChI is InChI=1S/C23H33N3O3/c1-5-6-10-16(15-20(27)29-23(2,3)4)22(28)26-14-9-13-19(26)21-24-17-11-7-8-12-18(17)25-21/h7-8,11-12,16,19H,5-6,9-10,13-15H2,1-4H3,(H,24,25). The van der Waals surface area contributed by atoms with E-state index in [0.717, 1.165) is 42.5 Å². The van der Waals surface area contributed by atoms with Crippen molar-refractivity contribution in [3.05, 3.63) is 30.1 Å². The third-order valence-corrected chi connectivity index (χ3v) is 5.35. The van der Waals surface area contributed by atoms with Gasteiger partial charge < -0.3 is 14.6 Å². The van der Waals surface area contributed by atoms with Crippen LogP contribution in [0.3, 0.4) is 0 Å². The van der Waals surface area contributed by atoms with E-state index in [1.54, 1.807) is 0 Å². The highest BCUT2D eigenvalue weighted by Gasteiger charge is 2.36. The van der Waals surface area contributed by atoms with E-state index in [9.17, 15) is 9.59 Å². The first-order valence-corrected chi connectivity index (χ1v) is 10.8. The number of amides is 1. The maximum absolute atomic E-state index is 13.4. The van der Waals surface area contributed by atoms with E-state index >= 15 is 0 Å². The summed E-state index contributed by atoms with van der Waals surface area (Å²) < 4.78 is 5.48. The smallest absolute Gasteiger partial charge is 0.307 e. The second kappa shape index (κ2) is 8.97. The van der Waals surface area contributed by atoms with Gasteiger partial charge in [-0.1, -0.05) is 31.9 Å². The molecule has 1 fully saturated rings. The van der Waals surface area contributed by atoms with Gasteiger partial charge in [-0.15, -0.1) is 0 Å². The van der Waals surface area contributed by atoms with E-state index in [2.05, 4.69) is 11.9 Å². The molecule has 2 heterocycles. The molecule has 6 heteroatoms. The maximum atomic E-state index is 13.4. The van der Waals surface area contributed by atoms with Crippen molar-refractivity contribution in [1.29, 1.82) is 0 Å². The molecule has 2 unspecified atom stereocenters. The topological polar surface area (TPSA) is 75.3 Å². The first-order chi connectivity index (χ1) is 13.8. The van der Waals surface area contributed by atoms with Gasteiger partial charge in [-0.3, -0.25) is 9.59 Å². The molecule has 0 radical (unpaired) electrons. The van der Waals surface area contributed by atoms with Gasteiger partial charge in [0.25, 0.3) is 0 Å². The molecule has 2 aromatic rings. The van der Waals surface area contributed by atoms with Crippen molar-refractivity contribution in [2.75, 3.05) is 6.54 Å². The number of nitrogens with zero attached hydrogens (tertiary/aromatic N) is 2. The summed E-state index contributed by atoms with van der Waals surface area (Å²) in [5.74, 6) is 0.247. The van der Waals surface area contributed by atoms with Crippen LogP contribution in [-0.4, -0.2) is 38.9 Å². The molecule has 0 aliphatic carbocycles. The van der Waals surface area contributed by atoms with E-state index in [4.69, 9.17) is 9.72 Å². The summed E-state index contributed by atoms with van der Waals surface area (Å²) in [5, 5.41) is 0. The van der Waals surface area contributed by atoms with Crippen molar-refractivity contribution in [1.82, 2.24) is 14.9 Å². The van der Waals surface area contributed by atoms with Gasteiger partial charge in [0.05, 0.1) is 23.5 Å². The fourth-order valence-corrected chi connectivity index (χ4v) is 4.03. The van der Waals surface area contributed by atoms with Gasteiger partial charge >= 0.3 is 5.97 Å². The molecule has 0 spiro atoms. The van der Waals surface area contributed by atoms with Crippen molar-refractivity contribution in [3.8, 4) is 0 Å². The normalized spacial score (nSPS) is 18.2. The summed E-state index contributed by atoms with van der Waals surface area (Å²) in [6.45, 7) is 8.36. The number of H-pyrrole nitrogens is 1. The van der Waals surface area contributed by atoms with Gasteiger partial charge in [-0.05, 0) is 52.2 Å². The lowest BCUT2D eigenvalue weighted by Crippen LogP contribution is -2.38. The van der Waals surface area contributed by atoms with Crippen LogP contribution in [0.25, 0.3) is 11.0 Å². The lowest BCUT2D eigenvalue weighted by atomic mass is 9.96. The number of ether oxygens (including phenoxy) is 1. The number of imidazole rings is 1. The number of para-hydroxylation sites is 2. The quantitative estimate of drug-likeness (QED) is 0.681. The molecular formula is C23H33N3O3. The fraction of sp³-hybridized carbons (Fsp3) is 0.609. The van der Waals surface area contributed by atoms with Crippen molar-refractivity contribution in [2.24, 2.45) is 5.92 Å². The van der Waals surface area contributed by atoms with Crippen molar-refractivity contribution in [3.63, 3.8) is 0 Å². The Morgan fingerprint density at radius 2 is 2.07 bits per heavy atom. The average Bonchev–Trinajstić information content (AvgIpc) is 3.29. The van der Waals surface area contributed by atoms with Crippen LogP contribution in [0, 0.1) is 5.92 Å². The minimum Gasteiger partial charge on any atom is -0.460 e. The molecular weight excluding hydrogens is 366 g/mol. The molecule has 1 N–H and O–H groups in total. The Morgan fingerprint density at radius 1 is 1.31 bits per heavy atom. The highest BCUT2D eigenvalue weighted by Crippen LogP contribution is 2.34. The Balaban J connectivity index is 1.76. The van der Waals surface area contributed by atoms with Crippen molar-refractivity contribution < 1.29 is 14.3 Å². The number of fused-ring (bicyclic) bond motifs is 1. The van der Waals surface area contributed by atoms with Gasteiger partial charge in [0.1, 0.15) is 11.4 Å². The number of rotatable bonds is 7. The Bertz CT molecular complexity index is 819. The summed E-state index contributed by atoms with van der Waals surface area (Å²) in [7, 11) is 0. The largest absolute Gasteiger partial charge is 0.460 e. The first kappa shape index (κ1) is 21.3. The molecule has 1 aromatic heterocycles. The number of unbranched alkanes of at least 4 members (excludes halogenated alkanes) is 1. The molecule has 0 bridgehead atoms. The molecule has 29 heavy (non-hydrogen) atoms. The Hall–Kier alpha value is -2.37. The highest BCUT2D eigenvalue weighted by atomic mass is 16.6. The SMILES string of the molecule is CCCCC(CC(=O)OC(C)(C)C)C(=O)N1CCCC1c1nc2ccccc2[nH]1. The van der Waals surface area contributed by atoms with Gasteiger partial charge in [-0.25, -0.2) is 4.98 Å². The zero-order chi connectivity index (χ0) is 21.0. The predicted molar refractivity (Wildman–Crippen MR) is 113 cm³/mol. The number of esters is 1. The van der Waals surface area contributed by atoms with Gasteiger partial charge in [0, 0.05) is 12.5 Å². The van der Waals surface area contributed by atoms with E-state index in [1.165, 1.54) is 0 Å². The van der Waals surface area contributed by atoms with Crippen LogP contribution in [0.1, 0.15) is 78.1 Å². The number of hydrogen-bond acceptors (Lipinski definition) is 4. The highest BCUT2D eigenvalue weighted by molar-refractivity contribution is 5.84. The third-order valence-electron chi connectivity index (χ3n) is 5.35. The summed E-state index contributed by atoms with van der Waals surface area (Å²) in [6, 6.07) is 7.86. The zero-order valence-electron chi connectivity index (χ0n) is 18.0. The number of aromatic nitrogens is 2. The average molecular weight is 400 g/mol. The number of likely N-dealkylation sites (tertiary alicyclic amines) is 1. The van der Waals surface area contributed by atoms with E-state index in [1.807, 2.05) is 49.9 Å². The number of nitrogens with one attached hydrogen (secondary N) is 1. The number of aromatic amines is 1. The van der Waals surface area contributed by atoms with Crippen LogP contribution in [-0.2, 0) is 14.3 Å². The molecule has 6 nitrogen and oxygen atoms in total. The second-order valence-corrected chi connectivity index (χ2v) is 8.96. The van der Waals surface area contributed by atoms with Crippen LogP contribution in [0.5, 0.6) is 0 Å². The molecule has 0 saturated carbocycles. The van der Waals surface area contributed by atoms with Crippen molar-refractivity contribution >= 4 is 22.9 Å². The van der Waals surface area contributed by atoms with E-state index in [-0.39, 0.29) is 30.3 Å². The Morgan fingerprint density at radius 3 is 2.76 bits per heavy atom. The summed E-state index contributed by atoms with van der Waals surface area (Å²) in [5.41, 5.74) is 1.36. The summed E-state index contributed by atoms with van der Waals surface area (Å²) >= 11 is 0. The number of hydrogen-bond donors (Lipinski definition) is 1. The number of carbonyl (C=O) groups is 2. The first-order valence-electron chi connectivity index (χ1n) is 10.8. The molecule has 158 valence electrons. The van der Waals surface area contributed by atoms with Gasteiger partial charge in [0.15, 0.2) is 0 Å². The summed E-state index contributed by atoms with van der Waals surface area (Å²) in [6.07, 6.45) is 4.59. The fourth-order valence-electron chi connectivity index (χ4n) is 4.03. The second-order valence-electron chi connectivity index (χ2n) is 8.96. The minimum absolute atomic E-state index is 0.0484. The summed E-state index contributed by atoms with van der Waals surface area (Å²) in [4.78, 5) is 35.9. The third kappa shape index (κ3) is 5.37.